The van der Waals surface area contributed by atoms with Crippen LogP contribution in [0.2, 0.25) is 5.28 Å². The molecule has 1 saturated heterocycles. The number of nitrogens with zero attached hydrogens (tertiary/aromatic N) is 4. The molecular weight excluding hydrogens is 288 g/mol. The molecule has 1 unspecified atom stereocenters. The van der Waals surface area contributed by atoms with Crippen molar-refractivity contribution in [3.05, 3.63) is 5.28 Å². The summed E-state index contributed by atoms with van der Waals surface area (Å²) in [4.78, 5) is 14.7. The van der Waals surface area contributed by atoms with E-state index in [1.807, 2.05) is 11.8 Å². The van der Waals surface area contributed by atoms with Gasteiger partial charge in [-0.25, -0.2) is 0 Å². The highest BCUT2D eigenvalue weighted by atomic mass is 35.5. The summed E-state index contributed by atoms with van der Waals surface area (Å²) in [5, 5.41) is 9.81. The van der Waals surface area contributed by atoms with Crippen LogP contribution in [0.1, 0.15) is 6.92 Å². The summed E-state index contributed by atoms with van der Waals surface area (Å²) in [6, 6.07) is 0. The highest BCUT2D eigenvalue weighted by Crippen LogP contribution is 2.21. The molecule has 2 rings (SSSR count). The number of aromatic nitrogens is 3. The molecule has 1 fully saturated rings. The zero-order valence-electron chi connectivity index (χ0n) is 10.8. The third-order valence-corrected chi connectivity index (χ3v) is 4.02. The summed E-state index contributed by atoms with van der Waals surface area (Å²) in [5.41, 5.74) is 0. The molecule has 0 aliphatic carbocycles. The van der Waals surface area contributed by atoms with Gasteiger partial charge in [0.15, 0.2) is 5.16 Å². The minimum Gasteiger partial charge on any atom is -0.396 e. The van der Waals surface area contributed by atoms with E-state index in [4.69, 9.17) is 21.4 Å². The Morgan fingerprint density at radius 1 is 1.37 bits per heavy atom. The molecule has 19 heavy (non-hydrogen) atoms. The van der Waals surface area contributed by atoms with Crippen LogP contribution in [0.4, 0.5) is 5.95 Å². The third kappa shape index (κ3) is 4.45. The van der Waals surface area contributed by atoms with Gasteiger partial charge in [0, 0.05) is 25.4 Å². The van der Waals surface area contributed by atoms with Gasteiger partial charge in [-0.3, -0.25) is 0 Å². The van der Waals surface area contributed by atoms with Gasteiger partial charge in [0.2, 0.25) is 11.2 Å². The van der Waals surface area contributed by atoms with Crippen LogP contribution in [0.5, 0.6) is 0 Å². The molecule has 6 nitrogen and oxygen atoms in total. The highest BCUT2D eigenvalue weighted by Gasteiger charge is 2.16. The fraction of sp³-hybridized carbons (Fsp3) is 0.727. The molecule has 2 heterocycles. The van der Waals surface area contributed by atoms with Crippen LogP contribution in [-0.2, 0) is 4.74 Å². The molecular formula is C11H17ClN4O2S. The molecule has 0 amide bonds. The lowest BCUT2D eigenvalue weighted by atomic mass is 10.2. The third-order valence-electron chi connectivity index (χ3n) is 2.68. The molecule has 1 atom stereocenters. The standard InChI is InChI=1S/C11H17ClN4O2S/c1-8(6-17)7-19-11-14-9(12)13-10(15-11)16-2-4-18-5-3-16/h8,17H,2-7H2,1H3. The SMILES string of the molecule is CC(CO)CSc1nc(Cl)nc(N2CCOCC2)n1. The normalized spacial score (nSPS) is 17.5. The first kappa shape index (κ1) is 14.8. The fourth-order valence-electron chi connectivity index (χ4n) is 1.56. The topological polar surface area (TPSA) is 71.4 Å². The van der Waals surface area contributed by atoms with Crippen LogP contribution >= 0.6 is 23.4 Å². The molecule has 1 aliphatic heterocycles. The van der Waals surface area contributed by atoms with Crippen molar-refractivity contribution in [3.63, 3.8) is 0 Å². The van der Waals surface area contributed by atoms with E-state index < -0.39 is 0 Å². The van der Waals surface area contributed by atoms with E-state index >= 15 is 0 Å². The van der Waals surface area contributed by atoms with E-state index in [-0.39, 0.29) is 17.8 Å². The second-order valence-corrected chi connectivity index (χ2v) is 5.71. The molecule has 1 N–H and O–H groups in total. The quantitative estimate of drug-likeness (QED) is 0.816. The number of hydrogen-bond donors (Lipinski definition) is 1. The monoisotopic (exact) mass is 304 g/mol. The smallest absolute Gasteiger partial charge is 0.230 e. The fourth-order valence-corrected chi connectivity index (χ4v) is 2.60. The molecule has 1 aliphatic rings. The van der Waals surface area contributed by atoms with Gasteiger partial charge in [-0.15, -0.1) is 0 Å². The maximum Gasteiger partial charge on any atom is 0.230 e. The maximum absolute atomic E-state index is 9.01. The van der Waals surface area contributed by atoms with Crippen LogP contribution in [0.25, 0.3) is 0 Å². The van der Waals surface area contributed by atoms with E-state index in [0.29, 0.717) is 24.3 Å². The van der Waals surface area contributed by atoms with Crippen molar-refractivity contribution in [1.29, 1.82) is 0 Å². The molecule has 0 bridgehead atoms. The number of halogens is 1. The zero-order valence-corrected chi connectivity index (χ0v) is 12.3. The van der Waals surface area contributed by atoms with Crippen molar-refractivity contribution in [1.82, 2.24) is 15.0 Å². The van der Waals surface area contributed by atoms with Crippen LogP contribution in [0, 0.1) is 5.92 Å². The molecule has 106 valence electrons. The van der Waals surface area contributed by atoms with Gasteiger partial charge < -0.3 is 14.7 Å². The Bertz CT molecular complexity index is 418. The van der Waals surface area contributed by atoms with Crippen LogP contribution in [0.15, 0.2) is 5.16 Å². The Kier molecular flexibility index (Phi) is 5.62. The van der Waals surface area contributed by atoms with Gasteiger partial charge in [-0.1, -0.05) is 18.7 Å². The molecule has 0 spiro atoms. The Hall–Kier alpha value is -0.630. The Balaban J connectivity index is 2.05. The molecule has 1 aromatic rings. The second kappa shape index (κ2) is 7.23. The predicted molar refractivity (Wildman–Crippen MR) is 74.8 cm³/mol. The second-order valence-electron chi connectivity index (χ2n) is 4.39. The summed E-state index contributed by atoms with van der Waals surface area (Å²) in [7, 11) is 0. The molecule has 0 saturated carbocycles. The Morgan fingerprint density at radius 3 is 2.79 bits per heavy atom. The Morgan fingerprint density at radius 2 is 2.11 bits per heavy atom. The lowest BCUT2D eigenvalue weighted by Crippen LogP contribution is -2.37. The largest absolute Gasteiger partial charge is 0.396 e. The van der Waals surface area contributed by atoms with E-state index in [0.717, 1.165) is 18.8 Å². The van der Waals surface area contributed by atoms with Gasteiger partial charge >= 0.3 is 0 Å². The van der Waals surface area contributed by atoms with Crippen LogP contribution in [0.3, 0.4) is 0 Å². The average molecular weight is 305 g/mol. The van der Waals surface area contributed by atoms with Crippen molar-refractivity contribution in [2.24, 2.45) is 5.92 Å². The van der Waals surface area contributed by atoms with Crippen LogP contribution < -0.4 is 4.90 Å². The average Bonchev–Trinajstić information content (AvgIpc) is 2.45. The van der Waals surface area contributed by atoms with Gasteiger partial charge in [-0.05, 0) is 17.5 Å². The summed E-state index contributed by atoms with van der Waals surface area (Å²) < 4.78 is 5.30. The van der Waals surface area contributed by atoms with Crippen molar-refractivity contribution < 1.29 is 9.84 Å². The van der Waals surface area contributed by atoms with Gasteiger partial charge in [0.05, 0.1) is 13.2 Å². The summed E-state index contributed by atoms with van der Waals surface area (Å²) in [6.45, 7) is 5.00. The zero-order chi connectivity index (χ0) is 13.7. The molecule has 0 radical (unpaired) electrons. The lowest BCUT2D eigenvalue weighted by Gasteiger charge is -2.26. The predicted octanol–water partition coefficient (Wildman–Crippen LogP) is 1.08. The number of thioether (sulfide) groups is 1. The number of anilines is 1. The summed E-state index contributed by atoms with van der Waals surface area (Å²) in [6.07, 6.45) is 0. The van der Waals surface area contributed by atoms with Crippen molar-refractivity contribution >= 4 is 29.3 Å². The minimum atomic E-state index is 0.155. The first-order chi connectivity index (χ1) is 9.19. The number of ether oxygens (including phenoxy) is 1. The first-order valence-corrected chi connectivity index (χ1v) is 7.53. The van der Waals surface area contributed by atoms with Crippen molar-refractivity contribution in [2.45, 2.75) is 12.1 Å². The van der Waals surface area contributed by atoms with Crippen LogP contribution in [-0.4, -0.2) is 58.7 Å². The van der Waals surface area contributed by atoms with Gasteiger partial charge in [-0.2, -0.15) is 15.0 Å². The first-order valence-electron chi connectivity index (χ1n) is 6.17. The number of hydrogen-bond acceptors (Lipinski definition) is 7. The summed E-state index contributed by atoms with van der Waals surface area (Å²) in [5.74, 6) is 1.55. The maximum atomic E-state index is 9.01. The highest BCUT2D eigenvalue weighted by molar-refractivity contribution is 7.99. The number of aliphatic hydroxyl groups is 1. The molecule has 8 heteroatoms. The number of aliphatic hydroxyl groups excluding tert-OH is 1. The van der Waals surface area contributed by atoms with Gasteiger partial charge in [0.1, 0.15) is 0 Å². The molecule has 0 aromatic carbocycles. The van der Waals surface area contributed by atoms with Gasteiger partial charge in [0.25, 0.3) is 0 Å². The lowest BCUT2D eigenvalue weighted by molar-refractivity contribution is 0.122. The number of morpholine rings is 1. The Labute approximate surface area is 121 Å². The van der Waals surface area contributed by atoms with E-state index in [9.17, 15) is 0 Å². The van der Waals surface area contributed by atoms with Crippen molar-refractivity contribution in [3.8, 4) is 0 Å². The minimum absolute atomic E-state index is 0.155. The van der Waals surface area contributed by atoms with Crippen molar-refractivity contribution in [2.75, 3.05) is 43.6 Å². The number of rotatable bonds is 5. The molecule has 1 aromatic heterocycles. The van der Waals surface area contributed by atoms with E-state index in [1.165, 1.54) is 11.8 Å². The van der Waals surface area contributed by atoms with E-state index in [2.05, 4.69) is 15.0 Å². The van der Waals surface area contributed by atoms with E-state index in [1.54, 1.807) is 0 Å². The summed E-state index contributed by atoms with van der Waals surface area (Å²) >= 11 is 7.42.